The van der Waals surface area contributed by atoms with E-state index in [9.17, 15) is 9.59 Å². The van der Waals surface area contributed by atoms with E-state index in [1.54, 1.807) is 0 Å². The van der Waals surface area contributed by atoms with Gasteiger partial charge in [-0.15, -0.1) is 0 Å². The van der Waals surface area contributed by atoms with Crippen molar-refractivity contribution in [2.24, 2.45) is 0 Å². The summed E-state index contributed by atoms with van der Waals surface area (Å²) < 4.78 is 12.8. The molecule has 0 N–H and O–H groups in total. The summed E-state index contributed by atoms with van der Waals surface area (Å²) in [5, 5.41) is 7.98. The molecule has 0 aliphatic carbocycles. The number of benzene rings is 6. The number of hydrogen-bond acceptors (Lipinski definition) is 4. The molecular weight excluding hydrogens is 689 g/mol. The fraction of sp³-hybridized carbons (Fsp3) is 0.423. The molecule has 6 aromatic rings. The molecule has 294 valence electrons. The van der Waals surface area contributed by atoms with Crippen LogP contribution in [0, 0.1) is 0 Å². The minimum absolute atomic E-state index is 0.180. The number of carbonyl (C=O) groups is 2. The normalized spacial score (nSPS) is 11.6. The molecule has 0 heterocycles. The zero-order valence-electron chi connectivity index (χ0n) is 34.4. The Kier molecular flexibility index (Phi) is 15.0. The third-order valence-corrected chi connectivity index (χ3v) is 11.4. The fourth-order valence-corrected chi connectivity index (χ4v) is 8.32. The van der Waals surface area contributed by atoms with Crippen LogP contribution in [0.15, 0.2) is 84.9 Å². The second kappa shape index (κ2) is 20.5. The van der Waals surface area contributed by atoms with Gasteiger partial charge in [0.15, 0.2) is 0 Å². The predicted octanol–water partition coefficient (Wildman–Crippen LogP) is 15.2. The molecule has 0 unspecified atom stereocenters. The van der Waals surface area contributed by atoms with Crippen LogP contribution in [0.3, 0.4) is 0 Å². The summed E-state index contributed by atoms with van der Waals surface area (Å²) in [5.41, 5.74) is 4.81. The molecule has 0 aromatic heterocycles. The van der Waals surface area contributed by atoms with Crippen molar-refractivity contribution in [3.8, 4) is 22.6 Å². The van der Waals surface area contributed by atoms with Gasteiger partial charge in [0.25, 0.3) is 0 Å². The van der Waals surface area contributed by atoms with E-state index in [1.807, 2.05) is 12.1 Å². The molecule has 0 radical (unpaired) electrons. The van der Waals surface area contributed by atoms with Crippen molar-refractivity contribution < 1.29 is 19.1 Å². The largest absolute Gasteiger partial charge is 0.425 e. The van der Waals surface area contributed by atoms with Crippen LogP contribution in [0.25, 0.3) is 54.2 Å². The van der Waals surface area contributed by atoms with Gasteiger partial charge in [0.2, 0.25) is 0 Å². The molecule has 6 rings (SSSR count). The molecule has 4 heteroatoms. The molecule has 0 saturated heterocycles. The Balaban J connectivity index is 1.64. The van der Waals surface area contributed by atoms with Gasteiger partial charge in [0.1, 0.15) is 11.5 Å². The summed E-state index contributed by atoms with van der Waals surface area (Å²) in [4.78, 5) is 27.0. The highest BCUT2D eigenvalue weighted by molar-refractivity contribution is 6.27. The molecule has 56 heavy (non-hydrogen) atoms. The summed E-state index contributed by atoms with van der Waals surface area (Å²) in [6, 6.07) is 30.3. The highest BCUT2D eigenvalue weighted by Crippen LogP contribution is 2.50. The SMILES string of the molecule is CCCCCCC(=O)Oc1c2ccccc2c(-c2c3ccccc3c(OC(=O)CCCCCC)c3ccc(CCCCC)cc23)c2cc(CCCCC)ccc12. The first-order chi connectivity index (χ1) is 27.5. The lowest BCUT2D eigenvalue weighted by Crippen LogP contribution is -2.09. The smallest absolute Gasteiger partial charge is 0.311 e. The number of ether oxygens (including phenoxy) is 2. The topological polar surface area (TPSA) is 52.6 Å². The van der Waals surface area contributed by atoms with Gasteiger partial charge in [-0.3, -0.25) is 9.59 Å². The first-order valence-electron chi connectivity index (χ1n) is 21.8. The maximum absolute atomic E-state index is 13.5. The third kappa shape index (κ3) is 9.63. The van der Waals surface area contributed by atoms with Crippen molar-refractivity contribution in [1.29, 1.82) is 0 Å². The quantitative estimate of drug-likeness (QED) is 0.0318. The summed E-state index contributed by atoms with van der Waals surface area (Å²) >= 11 is 0. The van der Waals surface area contributed by atoms with E-state index in [0.29, 0.717) is 24.3 Å². The number of aryl methyl sites for hydroxylation is 2. The Hall–Kier alpha value is -4.70. The van der Waals surface area contributed by atoms with Crippen LogP contribution in [-0.2, 0) is 22.4 Å². The first-order valence-corrected chi connectivity index (χ1v) is 21.8. The van der Waals surface area contributed by atoms with Gasteiger partial charge < -0.3 is 9.47 Å². The molecule has 0 saturated carbocycles. The number of unbranched alkanes of at least 4 members (excludes halogenated alkanes) is 10. The maximum Gasteiger partial charge on any atom is 0.311 e. The molecule has 0 aliphatic rings. The molecule has 0 atom stereocenters. The lowest BCUT2D eigenvalue weighted by atomic mass is 9.84. The molecule has 0 aliphatic heterocycles. The Morgan fingerprint density at radius 2 is 0.750 bits per heavy atom. The second-order valence-corrected chi connectivity index (χ2v) is 15.7. The lowest BCUT2D eigenvalue weighted by molar-refractivity contribution is -0.135. The van der Waals surface area contributed by atoms with Crippen molar-refractivity contribution in [3.05, 3.63) is 96.1 Å². The molecule has 0 amide bonds. The Labute approximate surface area is 335 Å². The lowest BCUT2D eigenvalue weighted by Gasteiger charge is -2.22. The highest BCUT2D eigenvalue weighted by atomic mass is 16.5. The molecular formula is C52H62O4. The number of esters is 2. The average molecular weight is 751 g/mol. The van der Waals surface area contributed by atoms with Crippen molar-refractivity contribution >= 4 is 55.0 Å². The van der Waals surface area contributed by atoms with Crippen LogP contribution in [0.5, 0.6) is 11.5 Å². The van der Waals surface area contributed by atoms with E-state index in [1.165, 1.54) is 24.0 Å². The van der Waals surface area contributed by atoms with Gasteiger partial charge in [-0.2, -0.15) is 0 Å². The summed E-state index contributed by atoms with van der Waals surface area (Å²) in [6.07, 6.45) is 17.9. The van der Waals surface area contributed by atoms with Crippen LogP contribution in [0.2, 0.25) is 0 Å². The van der Waals surface area contributed by atoms with Gasteiger partial charge in [-0.1, -0.05) is 177 Å². The molecule has 0 spiro atoms. The Morgan fingerprint density at radius 1 is 0.393 bits per heavy atom. The molecule has 0 bridgehead atoms. The van der Waals surface area contributed by atoms with E-state index in [-0.39, 0.29) is 11.9 Å². The van der Waals surface area contributed by atoms with E-state index in [2.05, 4.69) is 100 Å². The monoisotopic (exact) mass is 750 g/mol. The van der Waals surface area contributed by atoms with Gasteiger partial charge in [0.05, 0.1) is 0 Å². The summed E-state index contributed by atoms with van der Waals surface area (Å²) in [6.45, 7) is 8.86. The molecule has 0 fully saturated rings. The minimum atomic E-state index is -0.180. The highest BCUT2D eigenvalue weighted by Gasteiger charge is 2.24. The number of carbonyl (C=O) groups excluding carboxylic acids is 2. The van der Waals surface area contributed by atoms with Gasteiger partial charge >= 0.3 is 11.9 Å². The second-order valence-electron chi connectivity index (χ2n) is 15.7. The number of hydrogen-bond donors (Lipinski definition) is 0. The van der Waals surface area contributed by atoms with E-state index in [4.69, 9.17) is 9.47 Å². The minimum Gasteiger partial charge on any atom is -0.425 e. The molecule has 6 aromatic carbocycles. The fourth-order valence-electron chi connectivity index (χ4n) is 8.32. The van der Waals surface area contributed by atoms with Crippen molar-refractivity contribution in [3.63, 3.8) is 0 Å². The Morgan fingerprint density at radius 3 is 1.14 bits per heavy atom. The van der Waals surface area contributed by atoms with Gasteiger partial charge in [-0.25, -0.2) is 0 Å². The van der Waals surface area contributed by atoms with Crippen LogP contribution < -0.4 is 9.47 Å². The maximum atomic E-state index is 13.5. The van der Waals surface area contributed by atoms with Crippen molar-refractivity contribution in [2.75, 3.05) is 0 Å². The number of fused-ring (bicyclic) bond motifs is 4. The van der Waals surface area contributed by atoms with E-state index in [0.717, 1.165) is 144 Å². The zero-order chi connectivity index (χ0) is 39.3. The van der Waals surface area contributed by atoms with Gasteiger partial charge in [-0.05, 0) is 82.3 Å². The van der Waals surface area contributed by atoms with Crippen LogP contribution in [0.4, 0.5) is 0 Å². The van der Waals surface area contributed by atoms with Crippen molar-refractivity contribution in [1.82, 2.24) is 0 Å². The van der Waals surface area contributed by atoms with Crippen molar-refractivity contribution in [2.45, 2.75) is 143 Å². The molecule has 4 nitrogen and oxygen atoms in total. The Bertz CT molecular complexity index is 2100. The predicted molar refractivity (Wildman–Crippen MR) is 237 cm³/mol. The zero-order valence-corrected chi connectivity index (χ0v) is 34.4. The number of rotatable bonds is 21. The third-order valence-electron chi connectivity index (χ3n) is 11.4. The van der Waals surface area contributed by atoms with Crippen LogP contribution in [0.1, 0.15) is 142 Å². The first kappa shape index (κ1) is 40.9. The van der Waals surface area contributed by atoms with E-state index >= 15 is 0 Å². The summed E-state index contributed by atoms with van der Waals surface area (Å²) in [7, 11) is 0. The van der Waals surface area contributed by atoms with Crippen LogP contribution in [-0.4, -0.2) is 11.9 Å². The average Bonchev–Trinajstić information content (AvgIpc) is 3.22. The van der Waals surface area contributed by atoms with Crippen LogP contribution >= 0.6 is 0 Å². The van der Waals surface area contributed by atoms with E-state index < -0.39 is 0 Å². The summed E-state index contributed by atoms with van der Waals surface area (Å²) in [5.74, 6) is 0.923. The van der Waals surface area contributed by atoms with Gasteiger partial charge in [0, 0.05) is 34.4 Å². The standard InChI is InChI=1S/C52H62O4/c1-5-9-13-17-29-47(53)55-51-41-27-21-19-25-39(41)49(45-35-37(23-15-11-7-3)31-33-43(45)51)50-40-26-20-22-28-42(40)52(56-48(54)30-18-14-10-6-2)44-34-32-38(36-46(44)50)24-16-12-8-4/h19-22,25-28,31-36H,5-18,23-24,29-30H2,1-4H3.